The lowest BCUT2D eigenvalue weighted by molar-refractivity contribution is -0.0185. The summed E-state index contributed by atoms with van der Waals surface area (Å²) >= 11 is 0. The van der Waals surface area contributed by atoms with Gasteiger partial charge in [-0.25, -0.2) is 4.99 Å². The fourth-order valence-electron chi connectivity index (χ4n) is 7.87. The lowest BCUT2D eigenvalue weighted by atomic mass is 9.91. The van der Waals surface area contributed by atoms with Gasteiger partial charge in [-0.05, 0) is 109 Å². The Labute approximate surface area is 367 Å². The highest BCUT2D eigenvalue weighted by Gasteiger charge is 2.30. The van der Waals surface area contributed by atoms with Crippen LogP contribution in [0, 0.1) is 13.8 Å². The molecule has 6 rings (SSSR count). The van der Waals surface area contributed by atoms with Crippen molar-refractivity contribution in [3.8, 4) is 17.0 Å². The maximum absolute atomic E-state index is 15.7. The lowest BCUT2D eigenvalue weighted by Gasteiger charge is -2.22. The van der Waals surface area contributed by atoms with E-state index in [1.165, 1.54) is 0 Å². The molecular formula is C50H63BF2N2O7. The molecule has 2 aliphatic rings. The van der Waals surface area contributed by atoms with Crippen molar-refractivity contribution in [3.63, 3.8) is 0 Å². The van der Waals surface area contributed by atoms with Gasteiger partial charge in [-0.2, -0.15) is 0 Å². The van der Waals surface area contributed by atoms with Gasteiger partial charge in [0.15, 0.2) is 0 Å². The van der Waals surface area contributed by atoms with E-state index in [-0.39, 0.29) is 6.10 Å². The molecule has 0 spiro atoms. The minimum absolute atomic E-state index is 0.119. The molecule has 1 aromatic heterocycles. The second-order valence-electron chi connectivity index (χ2n) is 15.8. The van der Waals surface area contributed by atoms with Crippen molar-refractivity contribution in [1.29, 1.82) is 0 Å². The van der Waals surface area contributed by atoms with E-state index in [9.17, 15) is 0 Å². The first-order valence-corrected chi connectivity index (χ1v) is 22.3. The van der Waals surface area contributed by atoms with Gasteiger partial charge in [-0.1, -0.05) is 75.9 Å². The van der Waals surface area contributed by atoms with E-state index in [0.717, 1.165) is 87.8 Å². The zero-order valence-electron chi connectivity index (χ0n) is 37.0. The number of rotatable bonds is 10. The molecule has 4 aromatic rings. The number of ether oxygens (including phenoxy) is 7. The molecule has 0 fully saturated rings. The van der Waals surface area contributed by atoms with Crippen LogP contribution in [0.2, 0.25) is 0 Å². The number of halogens is 2. The van der Waals surface area contributed by atoms with Crippen LogP contribution in [0.25, 0.3) is 16.8 Å². The fraction of sp³-hybridized carbons (Fsp3) is 0.460. The summed E-state index contributed by atoms with van der Waals surface area (Å²) in [5.74, 6) is 0.797. The molecule has 8 bridgehead atoms. The monoisotopic (exact) mass is 852 g/mol. The van der Waals surface area contributed by atoms with Crippen LogP contribution in [0.1, 0.15) is 91.4 Å². The largest absolute Gasteiger partial charge is 0.678 e. The maximum Gasteiger partial charge on any atom is 0.678 e. The number of hydrogen-bond acceptors (Lipinski definition) is 8. The first-order chi connectivity index (χ1) is 30.4. The first kappa shape index (κ1) is 47.1. The van der Waals surface area contributed by atoms with E-state index < -0.39 is 7.40 Å². The summed E-state index contributed by atoms with van der Waals surface area (Å²) in [6.45, 7) is 13.6. The second-order valence-corrected chi connectivity index (χ2v) is 15.8. The minimum Gasteiger partial charge on any atom is -0.490 e. The van der Waals surface area contributed by atoms with Gasteiger partial charge in [0.2, 0.25) is 0 Å². The molecule has 62 heavy (non-hydrogen) atoms. The quantitative estimate of drug-likeness (QED) is 0.147. The molecule has 2 aliphatic heterocycles. The van der Waals surface area contributed by atoms with Crippen LogP contribution in [0.5, 0.6) is 5.75 Å². The Hall–Kier alpha value is -4.43. The number of aromatic nitrogens is 1. The maximum atomic E-state index is 15.7. The van der Waals surface area contributed by atoms with E-state index in [0.29, 0.717) is 108 Å². The summed E-state index contributed by atoms with van der Waals surface area (Å²) in [5, 5.41) is 0. The van der Waals surface area contributed by atoms with Gasteiger partial charge in [0.1, 0.15) is 5.75 Å². The number of nitrogens with zero attached hydrogens (tertiary/aromatic N) is 2. The van der Waals surface area contributed by atoms with Gasteiger partial charge in [0, 0.05) is 22.5 Å². The van der Waals surface area contributed by atoms with Crippen LogP contribution in [-0.2, 0) is 41.6 Å². The van der Waals surface area contributed by atoms with Gasteiger partial charge in [0.25, 0.3) is 0 Å². The lowest BCUT2D eigenvalue weighted by Crippen LogP contribution is -2.18. The van der Waals surface area contributed by atoms with Gasteiger partial charge >= 0.3 is 7.40 Å². The Morgan fingerprint density at radius 3 is 1.66 bits per heavy atom. The molecule has 332 valence electrons. The SMILES string of the molecule is CCCCC(CCCC)Oc1cc(C)c(/C2=C3/C=CC(=N3)c3cccc(c3)COCCOCCOCCOCCOCCOCc3cccc(c3)-c3ccc2n3B(F)F)c(C)c1. The molecule has 9 nitrogen and oxygen atoms in total. The molecule has 12 heteroatoms. The number of unbranched alkanes of at least 4 members (excludes halogenated alkanes) is 2. The Morgan fingerprint density at radius 1 is 0.629 bits per heavy atom. The second kappa shape index (κ2) is 25.0. The van der Waals surface area contributed by atoms with E-state index in [1.54, 1.807) is 12.1 Å². The third-order valence-electron chi connectivity index (χ3n) is 10.9. The third-order valence-corrected chi connectivity index (χ3v) is 10.9. The number of aryl methyl sites for hydroxylation is 2. The van der Waals surface area contributed by atoms with Gasteiger partial charge in [0.05, 0.1) is 96.8 Å². The highest BCUT2D eigenvalue weighted by molar-refractivity contribution is 6.42. The average molecular weight is 853 g/mol. The molecule has 3 aromatic carbocycles. The molecule has 0 amide bonds. The summed E-state index contributed by atoms with van der Waals surface area (Å²) in [6.07, 6.45) is 10.4. The normalized spacial score (nSPS) is 17.7. The number of allylic oxidation sites excluding steroid dienone is 2. The Bertz CT molecular complexity index is 2080. The van der Waals surface area contributed by atoms with Crippen LogP contribution < -0.4 is 4.74 Å². The predicted octanol–water partition coefficient (Wildman–Crippen LogP) is 10.6. The summed E-state index contributed by atoms with van der Waals surface area (Å²) in [5.41, 5.74) is 8.85. The van der Waals surface area contributed by atoms with Crippen molar-refractivity contribution in [2.75, 3.05) is 66.1 Å². The van der Waals surface area contributed by atoms with Crippen LogP contribution in [0.4, 0.5) is 8.63 Å². The summed E-state index contributed by atoms with van der Waals surface area (Å²) in [6, 6.07) is 23.3. The Balaban J connectivity index is 1.38. The highest BCUT2D eigenvalue weighted by atomic mass is 19.2. The number of aliphatic imine (C=N–C) groups is 1. The summed E-state index contributed by atoms with van der Waals surface area (Å²) in [7, 11) is -2.84. The van der Waals surface area contributed by atoms with Crippen molar-refractivity contribution in [2.24, 2.45) is 4.99 Å². The van der Waals surface area contributed by atoms with Crippen molar-refractivity contribution in [2.45, 2.75) is 85.5 Å². The number of benzene rings is 3. The Kier molecular flexibility index (Phi) is 19.0. The van der Waals surface area contributed by atoms with Crippen LogP contribution >= 0.6 is 0 Å². The molecule has 0 saturated heterocycles. The van der Waals surface area contributed by atoms with Crippen molar-refractivity contribution in [1.82, 2.24) is 4.48 Å². The summed E-state index contributed by atoms with van der Waals surface area (Å²) < 4.78 is 73.5. The molecular weight excluding hydrogens is 789 g/mol. The van der Waals surface area contributed by atoms with Crippen LogP contribution in [0.15, 0.2) is 95.6 Å². The van der Waals surface area contributed by atoms with Crippen LogP contribution in [0.3, 0.4) is 0 Å². The van der Waals surface area contributed by atoms with Crippen molar-refractivity contribution >= 4 is 18.7 Å². The molecule has 0 atom stereocenters. The smallest absolute Gasteiger partial charge is 0.490 e. The number of fused-ring (bicyclic) bond motifs is 9. The molecule has 0 saturated carbocycles. The van der Waals surface area contributed by atoms with E-state index in [2.05, 4.69) is 32.0 Å². The summed E-state index contributed by atoms with van der Waals surface area (Å²) in [4.78, 5) is 5.17. The third kappa shape index (κ3) is 13.5. The van der Waals surface area contributed by atoms with Crippen molar-refractivity contribution in [3.05, 3.63) is 130 Å². The molecule has 3 heterocycles. The zero-order valence-corrected chi connectivity index (χ0v) is 37.0. The minimum atomic E-state index is -2.84. The first-order valence-electron chi connectivity index (χ1n) is 22.3. The number of hydrogen-bond donors (Lipinski definition) is 0. The standard InChI is InChI=1S/C50H63BF2N2O7/c1-5-7-15-43(16-8-6-2)62-44-31-37(3)49(38(4)32-44)50-46-18-17-45(54-46)41-13-9-11-39(33-41)35-60-29-27-58-25-23-56-21-22-57-24-26-59-28-30-61-36-40-12-10-14-42(34-40)47-19-20-48(50)55(47)51(52)53/h9-14,17-20,31-34,43H,5-8,15-16,21-30,35-36H2,1-4H3/b50-46-. The van der Waals surface area contributed by atoms with E-state index in [4.69, 9.17) is 38.2 Å². The average Bonchev–Trinajstić information content (AvgIpc) is 3.94. The van der Waals surface area contributed by atoms with Crippen molar-refractivity contribution < 1.29 is 41.8 Å². The zero-order chi connectivity index (χ0) is 43.5. The molecule has 0 N–H and O–H groups in total. The van der Waals surface area contributed by atoms with Gasteiger partial charge in [-0.3, -0.25) is 8.63 Å². The van der Waals surface area contributed by atoms with E-state index >= 15 is 8.63 Å². The van der Waals surface area contributed by atoms with Gasteiger partial charge < -0.3 is 37.6 Å². The van der Waals surface area contributed by atoms with E-state index in [1.807, 2.05) is 68.5 Å². The topological polar surface area (TPSA) is 81.9 Å². The predicted molar refractivity (Wildman–Crippen MR) is 243 cm³/mol. The molecule has 0 unspecified atom stereocenters. The fourth-order valence-corrected chi connectivity index (χ4v) is 7.87. The molecule has 0 radical (unpaired) electrons. The Morgan fingerprint density at radius 2 is 1.13 bits per heavy atom. The highest BCUT2D eigenvalue weighted by Crippen LogP contribution is 2.40. The molecule has 0 aliphatic carbocycles. The van der Waals surface area contributed by atoms with Crippen LogP contribution in [-0.4, -0.2) is 89.8 Å². The van der Waals surface area contributed by atoms with Gasteiger partial charge in [-0.15, -0.1) is 0 Å².